The molecule has 0 saturated carbocycles. The number of para-hydroxylation sites is 2. The first-order valence-electron chi connectivity index (χ1n) is 9.99. The lowest BCUT2D eigenvalue weighted by atomic mass is 10.0. The van der Waals surface area contributed by atoms with Crippen molar-refractivity contribution in [3.63, 3.8) is 0 Å². The molecule has 5 nitrogen and oxygen atoms in total. The van der Waals surface area contributed by atoms with E-state index >= 15 is 0 Å². The summed E-state index contributed by atoms with van der Waals surface area (Å²) < 4.78 is 0. The van der Waals surface area contributed by atoms with Gasteiger partial charge in [-0.05, 0) is 28.5 Å². The van der Waals surface area contributed by atoms with Crippen LogP contribution in [0.3, 0.4) is 0 Å². The maximum atomic E-state index is 12.9. The summed E-state index contributed by atoms with van der Waals surface area (Å²) in [6.45, 7) is 2.96. The molecule has 1 aliphatic rings. The fourth-order valence-corrected chi connectivity index (χ4v) is 4.01. The van der Waals surface area contributed by atoms with E-state index in [0.29, 0.717) is 19.5 Å². The third-order valence-corrected chi connectivity index (χ3v) is 5.61. The van der Waals surface area contributed by atoms with E-state index in [1.54, 1.807) is 0 Å². The highest BCUT2D eigenvalue weighted by Crippen LogP contribution is 2.21. The number of fused-ring (bicyclic) bond motifs is 2. The number of aromatic nitrogens is 2. The zero-order chi connectivity index (χ0) is 19.6. The minimum Gasteiger partial charge on any atom is -0.352 e. The van der Waals surface area contributed by atoms with E-state index in [2.05, 4.69) is 34.1 Å². The second kappa shape index (κ2) is 7.51. The van der Waals surface area contributed by atoms with Crippen molar-refractivity contribution in [2.75, 3.05) is 31.1 Å². The van der Waals surface area contributed by atoms with Crippen LogP contribution < -0.4 is 4.90 Å². The van der Waals surface area contributed by atoms with Gasteiger partial charge in [-0.1, -0.05) is 54.6 Å². The van der Waals surface area contributed by atoms with Crippen LogP contribution in [0.5, 0.6) is 0 Å². The zero-order valence-corrected chi connectivity index (χ0v) is 16.2. The van der Waals surface area contributed by atoms with Gasteiger partial charge in [0, 0.05) is 26.2 Å². The molecule has 0 bridgehead atoms. The minimum absolute atomic E-state index is 0.186. The van der Waals surface area contributed by atoms with Gasteiger partial charge in [0.15, 0.2) is 0 Å². The van der Waals surface area contributed by atoms with Crippen molar-refractivity contribution in [2.45, 2.75) is 6.42 Å². The molecule has 0 N–H and O–H groups in total. The highest BCUT2D eigenvalue weighted by molar-refractivity contribution is 5.90. The molecule has 1 fully saturated rings. The molecule has 0 atom stereocenters. The Morgan fingerprint density at radius 1 is 0.828 bits per heavy atom. The van der Waals surface area contributed by atoms with E-state index in [-0.39, 0.29) is 5.91 Å². The van der Waals surface area contributed by atoms with Crippen LogP contribution in [-0.4, -0.2) is 47.0 Å². The van der Waals surface area contributed by atoms with Crippen molar-refractivity contribution >= 4 is 33.5 Å². The Morgan fingerprint density at radius 3 is 2.41 bits per heavy atom. The molecule has 0 radical (unpaired) electrons. The molecular formula is C24H22N4O. The Hall–Kier alpha value is -3.47. The van der Waals surface area contributed by atoms with Crippen molar-refractivity contribution < 1.29 is 4.79 Å². The van der Waals surface area contributed by atoms with Crippen molar-refractivity contribution in [1.82, 2.24) is 14.9 Å². The highest BCUT2D eigenvalue weighted by Gasteiger charge is 2.22. The van der Waals surface area contributed by atoms with E-state index in [9.17, 15) is 4.79 Å². The number of rotatable bonds is 3. The van der Waals surface area contributed by atoms with Crippen molar-refractivity contribution in [3.05, 3.63) is 78.5 Å². The van der Waals surface area contributed by atoms with Gasteiger partial charge in [-0.25, -0.2) is 4.98 Å². The van der Waals surface area contributed by atoms with Gasteiger partial charge in [0.25, 0.3) is 0 Å². The molecule has 1 aromatic heterocycles. The molecule has 1 amide bonds. The third-order valence-electron chi connectivity index (χ3n) is 5.61. The number of amides is 1. The van der Waals surface area contributed by atoms with Crippen LogP contribution in [0.15, 0.2) is 72.9 Å². The molecule has 0 unspecified atom stereocenters. The standard InChI is InChI=1S/C24H22N4O/c29-24(16-19-8-5-7-18-6-1-2-9-20(18)19)28-14-12-27(13-15-28)23-17-25-21-10-3-4-11-22(21)26-23/h1-11,17H,12-16H2. The maximum Gasteiger partial charge on any atom is 0.227 e. The normalized spacial score (nSPS) is 14.5. The number of nitrogens with zero attached hydrogens (tertiary/aromatic N) is 4. The Labute approximate surface area is 169 Å². The summed E-state index contributed by atoms with van der Waals surface area (Å²) in [4.78, 5) is 26.3. The van der Waals surface area contributed by atoms with Gasteiger partial charge in [0.2, 0.25) is 5.91 Å². The summed E-state index contributed by atoms with van der Waals surface area (Å²) in [5, 5.41) is 2.34. The second-order valence-corrected chi connectivity index (χ2v) is 7.40. The summed E-state index contributed by atoms with van der Waals surface area (Å²) in [5.41, 5.74) is 2.90. The number of anilines is 1. The molecule has 0 aliphatic carbocycles. The molecule has 5 rings (SSSR count). The Morgan fingerprint density at radius 2 is 1.55 bits per heavy atom. The fraction of sp³-hybridized carbons (Fsp3) is 0.208. The zero-order valence-electron chi connectivity index (χ0n) is 16.2. The number of hydrogen-bond acceptors (Lipinski definition) is 4. The quantitative estimate of drug-likeness (QED) is 0.542. The third kappa shape index (κ3) is 3.51. The molecule has 1 aliphatic heterocycles. The molecular weight excluding hydrogens is 360 g/mol. The predicted molar refractivity (Wildman–Crippen MR) is 116 cm³/mol. The van der Waals surface area contributed by atoms with Gasteiger partial charge in [-0.15, -0.1) is 0 Å². The first-order chi connectivity index (χ1) is 14.3. The lowest BCUT2D eigenvalue weighted by Gasteiger charge is -2.35. The monoisotopic (exact) mass is 382 g/mol. The first-order valence-corrected chi connectivity index (χ1v) is 9.99. The summed E-state index contributed by atoms with van der Waals surface area (Å²) in [6, 6.07) is 22.3. The van der Waals surface area contributed by atoms with Gasteiger partial charge in [-0.2, -0.15) is 0 Å². The lowest BCUT2D eigenvalue weighted by Crippen LogP contribution is -2.49. The SMILES string of the molecule is O=C(Cc1cccc2ccccc12)N1CCN(c2cnc3ccccc3n2)CC1. The van der Waals surface area contributed by atoms with Crippen molar-refractivity contribution in [1.29, 1.82) is 0 Å². The van der Waals surface area contributed by atoms with Crippen LogP contribution in [0.2, 0.25) is 0 Å². The second-order valence-electron chi connectivity index (χ2n) is 7.40. The van der Waals surface area contributed by atoms with Gasteiger partial charge >= 0.3 is 0 Å². The van der Waals surface area contributed by atoms with Gasteiger partial charge < -0.3 is 9.80 Å². The molecule has 4 aromatic rings. The van der Waals surface area contributed by atoms with Gasteiger partial charge in [0.05, 0.1) is 23.7 Å². The average Bonchev–Trinajstić information content (AvgIpc) is 2.79. The van der Waals surface area contributed by atoms with Crippen LogP contribution >= 0.6 is 0 Å². The van der Waals surface area contributed by atoms with E-state index in [1.165, 1.54) is 5.39 Å². The van der Waals surface area contributed by atoms with Crippen LogP contribution in [-0.2, 0) is 11.2 Å². The molecule has 5 heteroatoms. The summed E-state index contributed by atoms with van der Waals surface area (Å²) >= 11 is 0. The summed E-state index contributed by atoms with van der Waals surface area (Å²) in [5.74, 6) is 1.07. The molecule has 29 heavy (non-hydrogen) atoms. The van der Waals surface area contributed by atoms with Crippen LogP contribution in [0.1, 0.15) is 5.56 Å². The Bertz CT molecular complexity index is 1180. The van der Waals surface area contributed by atoms with Crippen LogP contribution in [0.25, 0.3) is 21.8 Å². The Balaban J connectivity index is 1.26. The number of carbonyl (C=O) groups is 1. The number of piperazine rings is 1. The van der Waals surface area contributed by atoms with Crippen LogP contribution in [0.4, 0.5) is 5.82 Å². The molecule has 144 valence electrons. The van der Waals surface area contributed by atoms with E-state index in [1.807, 2.05) is 53.6 Å². The van der Waals surface area contributed by atoms with Crippen LogP contribution in [0, 0.1) is 0 Å². The predicted octanol–water partition coefficient (Wildman–Crippen LogP) is 3.67. The van der Waals surface area contributed by atoms with E-state index in [4.69, 9.17) is 4.98 Å². The smallest absolute Gasteiger partial charge is 0.227 e. The maximum absolute atomic E-state index is 12.9. The van der Waals surface area contributed by atoms with E-state index in [0.717, 1.165) is 40.9 Å². The fourth-order valence-electron chi connectivity index (χ4n) is 4.01. The van der Waals surface area contributed by atoms with Crippen molar-refractivity contribution in [2.24, 2.45) is 0 Å². The number of carbonyl (C=O) groups excluding carboxylic acids is 1. The largest absolute Gasteiger partial charge is 0.352 e. The first kappa shape index (κ1) is 17.6. The Kier molecular flexibility index (Phi) is 4.56. The summed E-state index contributed by atoms with van der Waals surface area (Å²) in [7, 11) is 0. The van der Waals surface area contributed by atoms with E-state index < -0.39 is 0 Å². The molecule has 3 aromatic carbocycles. The van der Waals surface area contributed by atoms with Gasteiger partial charge in [-0.3, -0.25) is 9.78 Å². The molecule has 2 heterocycles. The van der Waals surface area contributed by atoms with Gasteiger partial charge in [0.1, 0.15) is 5.82 Å². The van der Waals surface area contributed by atoms with Crippen molar-refractivity contribution in [3.8, 4) is 0 Å². The average molecular weight is 382 g/mol. The minimum atomic E-state index is 0.186. The summed E-state index contributed by atoms with van der Waals surface area (Å²) in [6.07, 6.45) is 2.27. The lowest BCUT2D eigenvalue weighted by molar-refractivity contribution is -0.130. The molecule has 1 saturated heterocycles. The number of benzene rings is 3. The number of hydrogen-bond donors (Lipinski definition) is 0. The topological polar surface area (TPSA) is 49.3 Å². The highest BCUT2D eigenvalue weighted by atomic mass is 16.2. The molecule has 0 spiro atoms.